The maximum absolute atomic E-state index is 13.8. The number of halogens is 3. The summed E-state index contributed by atoms with van der Waals surface area (Å²) in [4.78, 5) is 0. The standard InChI is InChI=1S/C16H15F3O/c1-16(2,10-6-4-3-5-7-10)15(20)11-8-13(18)14(19)9-12(11)17/h3-9,15,20H,1-2H3. The summed E-state index contributed by atoms with van der Waals surface area (Å²) in [5.74, 6) is -3.40. The summed E-state index contributed by atoms with van der Waals surface area (Å²) in [5, 5.41) is 10.4. The summed E-state index contributed by atoms with van der Waals surface area (Å²) in [6, 6.07) is 10.2. The van der Waals surface area contributed by atoms with Crippen molar-refractivity contribution in [3.8, 4) is 0 Å². The molecule has 106 valence electrons. The van der Waals surface area contributed by atoms with Crippen molar-refractivity contribution in [2.75, 3.05) is 0 Å². The largest absolute Gasteiger partial charge is 0.387 e. The number of hydrogen-bond donors (Lipinski definition) is 1. The normalized spacial score (nSPS) is 13.3. The number of rotatable bonds is 3. The molecule has 0 bridgehead atoms. The molecule has 0 aromatic heterocycles. The molecular weight excluding hydrogens is 265 g/mol. The first kappa shape index (κ1) is 14.6. The SMILES string of the molecule is CC(C)(c1ccccc1)C(O)c1cc(F)c(F)cc1F. The molecule has 0 amide bonds. The summed E-state index contributed by atoms with van der Waals surface area (Å²) < 4.78 is 40.0. The lowest BCUT2D eigenvalue weighted by atomic mass is 9.76. The number of hydrogen-bond acceptors (Lipinski definition) is 1. The quantitative estimate of drug-likeness (QED) is 0.839. The summed E-state index contributed by atoms with van der Waals surface area (Å²) in [7, 11) is 0. The van der Waals surface area contributed by atoms with Gasteiger partial charge >= 0.3 is 0 Å². The highest BCUT2D eigenvalue weighted by Gasteiger charge is 2.33. The highest BCUT2D eigenvalue weighted by molar-refractivity contribution is 5.31. The van der Waals surface area contributed by atoms with E-state index in [9.17, 15) is 18.3 Å². The Morgan fingerprint density at radius 3 is 2.05 bits per heavy atom. The zero-order valence-corrected chi connectivity index (χ0v) is 11.2. The molecule has 2 aromatic rings. The lowest BCUT2D eigenvalue weighted by molar-refractivity contribution is 0.0960. The van der Waals surface area contributed by atoms with Crippen LogP contribution in [0.5, 0.6) is 0 Å². The van der Waals surface area contributed by atoms with Crippen molar-refractivity contribution < 1.29 is 18.3 Å². The molecule has 4 heteroatoms. The summed E-state index contributed by atoms with van der Waals surface area (Å²) >= 11 is 0. The number of benzene rings is 2. The van der Waals surface area contributed by atoms with E-state index in [1.54, 1.807) is 38.1 Å². The summed E-state index contributed by atoms with van der Waals surface area (Å²) in [6.07, 6.45) is -1.29. The van der Waals surface area contributed by atoms with Gasteiger partial charge in [0.15, 0.2) is 11.6 Å². The molecule has 1 unspecified atom stereocenters. The van der Waals surface area contributed by atoms with Crippen LogP contribution in [0.25, 0.3) is 0 Å². The third-order valence-corrected chi connectivity index (χ3v) is 3.54. The van der Waals surface area contributed by atoms with Crippen LogP contribution in [-0.2, 0) is 5.41 Å². The molecule has 0 aliphatic heterocycles. The van der Waals surface area contributed by atoms with Crippen molar-refractivity contribution in [2.45, 2.75) is 25.4 Å². The molecule has 0 heterocycles. The Balaban J connectivity index is 2.45. The molecule has 1 atom stereocenters. The third kappa shape index (κ3) is 2.56. The van der Waals surface area contributed by atoms with Crippen LogP contribution in [-0.4, -0.2) is 5.11 Å². The molecule has 0 saturated carbocycles. The highest BCUT2D eigenvalue weighted by Crippen LogP contribution is 2.38. The van der Waals surface area contributed by atoms with Crippen LogP contribution in [0.2, 0.25) is 0 Å². The van der Waals surface area contributed by atoms with Crippen LogP contribution >= 0.6 is 0 Å². The highest BCUT2D eigenvalue weighted by atomic mass is 19.2. The van der Waals surface area contributed by atoms with Crippen LogP contribution in [0.1, 0.15) is 31.1 Å². The molecule has 1 nitrogen and oxygen atoms in total. The van der Waals surface area contributed by atoms with Crippen LogP contribution in [0, 0.1) is 17.5 Å². The maximum atomic E-state index is 13.8. The fourth-order valence-corrected chi connectivity index (χ4v) is 2.16. The van der Waals surface area contributed by atoms with E-state index in [0.29, 0.717) is 12.1 Å². The van der Waals surface area contributed by atoms with Crippen LogP contribution in [0.3, 0.4) is 0 Å². The second-order valence-electron chi connectivity index (χ2n) is 5.28. The second-order valence-corrected chi connectivity index (χ2v) is 5.28. The molecule has 0 aliphatic carbocycles. The Morgan fingerprint density at radius 2 is 1.45 bits per heavy atom. The number of aliphatic hydroxyl groups is 1. The van der Waals surface area contributed by atoms with Gasteiger partial charge in [-0.2, -0.15) is 0 Å². The van der Waals surface area contributed by atoms with Gasteiger partial charge in [-0.3, -0.25) is 0 Å². The van der Waals surface area contributed by atoms with Gasteiger partial charge in [-0.25, -0.2) is 13.2 Å². The molecule has 0 saturated heterocycles. The Hall–Kier alpha value is -1.81. The van der Waals surface area contributed by atoms with Gasteiger partial charge in [-0.1, -0.05) is 44.2 Å². The molecule has 0 radical (unpaired) electrons. The Bertz CT molecular complexity index is 609. The Labute approximate surface area is 115 Å². The van der Waals surface area contributed by atoms with E-state index in [4.69, 9.17) is 0 Å². The first-order valence-corrected chi connectivity index (χ1v) is 6.22. The molecule has 1 N–H and O–H groups in total. The third-order valence-electron chi connectivity index (χ3n) is 3.54. The van der Waals surface area contributed by atoms with Gasteiger partial charge in [0.1, 0.15) is 5.82 Å². The monoisotopic (exact) mass is 280 g/mol. The number of aliphatic hydroxyl groups excluding tert-OH is 1. The van der Waals surface area contributed by atoms with Crippen molar-refractivity contribution >= 4 is 0 Å². The topological polar surface area (TPSA) is 20.2 Å². The minimum absolute atomic E-state index is 0.252. The van der Waals surface area contributed by atoms with Gasteiger partial charge in [0.25, 0.3) is 0 Å². The van der Waals surface area contributed by atoms with E-state index in [-0.39, 0.29) is 5.56 Å². The predicted molar refractivity (Wildman–Crippen MR) is 70.7 cm³/mol. The second kappa shape index (κ2) is 5.29. The Morgan fingerprint density at radius 1 is 0.900 bits per heavy atom. The van der Waals surface area contributed by atoms with Crippen molar-refractivity contribution in [2.24, 2.45) is 0 Å². The van der Waals surface area contributed by atoms with Crippen molar-refractivity contribution in [3.63, 3.8) is 0 Å². The van der Waals surface area contributed by atoms with E-state index in [2.05, 4.69) is 0 Å². The molecule has 20 heavy (non-hydrogen) atoms. The fourth-order valence-electron chi connectivity index (χ4n) is 2.16. The molecule has 2 aromatic carbocycles. The average Bonchev–Trinajstić information content (AvgIpc) is 2.43. The van der Waals surface area contributed by atoms with E-state index in [1.807, 2.05) is 6.07 Å². The predicted octanol–water partition coefficient (Wildman–Crippen LogP) is 4.12. The molecule has 0 spiro atoms. The van der Waals surface area contributed by atoms with Crippen LogP contribution in [0.15, 0.2) is 42.5 Å². The smallest absolute Gasteiger partial charge is 0.161 e. The maximum Gasteiger partial charge on any atom is 0.161 e. The zero-order chi connectivity index (χ0) is 14.9. The first-order valence-electron chi connectivity index (χ1n) is 6.22. The molecule has 0 fully saturated rings. The van der Waals surface area contributed by atoms with Gasteiger partial charge in [-0.15, -0.1) is 0 Å². The van der Waals surface area contributed by atoms with Crippen LogP contribution < -0.4 is 0 Å². The van der Waals surface area contributed by atoms with Gasteiger partial charge in [0.2, 0.25) is 0 Å². The van der Waals surface area contributed by atoms with Crippen molar-refractivity contribution in [1.82, 2.24) is 0 Å². The zero-order valence-electron chi connectivity index (χ0n) is 11.2. The minimum atomic E-state index is -1.29. The lowest BCUT2D eigenvalue weighted by Gasteiger charge is -2.31. The van der Waals surface area contributed by atoms with E-state index < -0.39 is 29.0 Å². The fraction of sp³-hybridized carbons (Fsp3) is 0.250. The van der Waals surface area contributed by atoms with Gasteiger partial charge in [0, 0.05) is 17.0 Å². The molecular formula is C16H15F3O. The van der Waals surface area contributed by atoms with E-state index >= 15 is 0 Å². The van der Waals surface area contributed by atoms with Gasteiger partial charge in [-0.05, 0) is 11.6 Å². The lowest BCUT2D eigenvalue weighted by Crippen LogP contribution is -2.27. The van der Waals surface area contributed by atoms with Crippen molar-refractivity contribution in [1.29, 1.82) is 0 Å². The van der Waals surface area contributed by atoms with Crippen LogP contribution in [0.4, 0.5) is 13.2 Å². The van der Waals surface area contributed by atoms with Gasteiger partial charge in [0.05, 0.1) is 6.10 Å². The molecule has 2 rings (SSSR count). The molecule has 0 aliphatic rings. The Kier molecular flexibility index (Phi) is 3.86. The van der Waals surface area contributed by atoms with Crippen molar-refractivity contribution in [3.05, 3.63) is 71.0 Å². The summed E-state index contributed by atoms with van der Waals surface area (Å²) in [5.41, 5.74) is -0.318. The van der Waals surface area contributed by atoms with Gasteiger partial charge < -0.3 is 5.11 Å². The minimum Gasteiger partial charge on any atom is -0.387 e. The summed E-state index contributed by atoms with van der Waals surface area (Å²) in [6.45, 7) is 3.43. The first-order chi connectivity index (χ1) is 9.34. The van der Waals surface area contributed by atoms with E-state index in [1.165, 1.54) is 0 Å². The average molecular weight is 280 g/mol. The van der Waals surface area contributed by atoms with E-state index in [0.717, 1.165) is 5.56 Å².